The molecule has 0 aliphatic heterocycles. The number of benzene rings is 2. The van der Waals surface area contributed by atoms with E-state index in [4.69, 9.17) is 4.74 Å². The third-order valence-corrected chi connectivity index (χ3v) is 2.28. The van der Waals surface area contributed by atoms with Crippen LogP contribution in [0.2, 0.25) is 0 Å². The van der Waals surface area contributed by atoms with Crippen LogP contribution in [-0.4, -0.2) is 6.47 Å². The van der Waals surface area contributed by atoms with Gasteiger partial charge in [-0.1, -0.05) is 30.3 Å². The van der Waals surface area contributed by atoms with Gasteiger partial charge in [0.15, 0.2) is 0 Å². The van der Waals surface area contributed by atoms with E-state index in [1.807, 2.05) is 43.3 Å². The molecule has 0 aliphatic carbocycles. The van der Waals surface area contributed by atoms with Gasteiger partial charge in [-0.25, -0.2) is 0 Å². The summed E-state index contributed by atoms with van der Waals surface area (Å²) < 4.78 is 4.89. The number of aryl methyl sites for hydroxylation is 1. The van der Waals surface area contributed by atoms with Gasteiger partial charge in [0.25, 0.3) is 6.47 Å². The number of hydrogen-bond acceptors (Lipinski definition) is 2. The fourth-order valence-corrected chi connectivity index (χ4v) is 1.58. The largest absolute Gasteiger partial charge is 0.428 e. The fraction of sp³-hybridized carbons (Fsp3) is 0.0833. The Kier molecular flexibility index (Phi) is 2.19. The van der Waals surface area contributed by atoms with Crippen molar-refractivity contribution in [1.82, 2.24) is 0 Å². The number of ether oxygens (including phenoxy) is 1. The molecule has 0 aliphatic rings. The highest BCUT2D eigenvalue weighted by atomic mass is 16.5. The van der Waals surface area contributed by atoms with Gasteiger partial charge < -0.3 is 4.74 Å². The average molecular weight is 186 g/mol. The predicted octanol–water partition coefficient (Wildman–Crippen LogP) is 2.68. The van der Waals surface area contributed by atoms with Crippen LogP contribution >= 0.6 is 0 Å². The molecule has 0 bridgehead atoms. The molecular weight excluding hydrogens is 176 g/mol. The molecule has 0 fully saturated rings. The quantitative estimate of drug-likeness (QED) is 0.674. The fourth-order valence-electron chi connectivity index (χ4n) is 1.58. The van der Waals surface area contributed by atoms with Crippen LogP contribution < -0.4 is 4.74 Å². The summed E-state index contributed by atoms with van der Waals surface area (Å²) in [4.78, 5) is 10.3. The highest BCUT2D eigenvalue weighted by Gasteiger charge is 2.02. The monoisotopic (exact) mass is 186 g/mol. The first-order chi connectivity index (χ1) is 6.83. The zero-order valence-corrected chi connectivity index (χ0v) is 7.86. The molecule has 0 saturated heterocycles. The lowest BCUT2D eigenvalue weighted by atomic mass is 10.1. The molecule has 0 radical (unpaired) electrons. The van der Waals surface area contributed by atoms with Gasteiger partial charge in [0.05, 0.1) is 0 Å². The third kappa shape index (κ3) is 1.35. The molecule has 2 nitrogen and oxygen atoms in total. The molecule has 2 heteroatoms. The summed E-state index contributed by atoms with van der Waals surface area (Å²) in [5.74, 6) is 0.612. The second-order valence-corrected chi connectivity index (χ2v) is 3.14. The van der Waals surface area contributed by atoms with Crippen LogP contribution in [0.4, 0.5) is 0 Å². The standard InChI is InChI=1S/C12H10O2/c1-9-6-7-12(14-8-13)11-5-3-2-4-10(9)11/h2-8H,1H3. The van der Waals surface area contributed by atoms with Crippen LogP contribution in [0.5, 0.6) is 5.75 Å². The molecule has 0 saturated carbocycles. The molecule has 0 spiro atoms. The van der Waals surface area contributed by atoms with E-state index in [9.17, 15) is 4.79 Å². The second kappa shape index (κ2) is 3.50. The van der Waals surface area contributed by atoms with Gasteiger partial charge in [-0.05, 0) is 23.9 Å². The normalized spacial score (nSPS) is 10.1. The molecule has 0 unspecified atom stereocenters. The van der Waals surface area contributed by atoms with Crippen LogP contribution in [-0.2, 0) is 4.79 Å². The van der Waals surface area contributed by atoms with Crippen molar-refractivity contribution < 1.29 is 9.53 Å². The highest BCUT2D eigenvalue weighted by Crippen LogP contribution is 2.27. The van der Waals surface area contributed by atoms with E-state index in [0.29, 0.717) is 12.2 Å². The van der Waals surface area contributed by atoms with Crippen molar-refractivity contribution in [3.8, 4) is 5.75 Å². The highest BCUT2D eigenvalue weighted by molar-refractivity contribution is 5.91. The first-order valence-corrected chi connectivity index (χ1v) is 4.41. The smallest absolute Gasteiger partial charge is 0.298 e. The Bertz CT molecular complexity index is 475. The number of hydrogen-bond donors (Lipinski definition) is 0. The van der Waals surface area contributed by atoms with Crippen molar-refractivity contribution in [2.24, 2.45) is 0 Å². The van der Waals surface area contributed by atoms with Crippen molar-refractivity contribution in [3.05, 3.63) is 42.0 Å². The molecule has 2 rings (SSSR count). The Balaban J connectivity index is 2.74. The molecule has 2 aromatic rings. The van der Waals surface area contributed by atoms with Gasteiger partial charge in [0.2, 0.25) is 0 Å². The lowest BCUT2D eigenvalue weighted by Gasteiger charge is -2.05. The maximum atomic E-state index is 10.3. The van der Waals surface area contributed by atoms with Crippen LogP contribution in [0.1, 0.15) is 5.56 Å². The summed E-state index contributed by atoms with van der Waals surface area (Å²) in [5.41, 5.74) is 1.18. The maximum absolute atomic E-state index is 10.3. The van der Waals surface area contributed by atoms with Crippen molar-refractivity contribution in [1.29, 1.82) is 0 Å². The first-order valence-electron chi connectivity index (χ1n) is 4.41. The van der Waals surface area contributed by atoms with Gasteiger partial charge in [-0.15, -0.1) is 0 Å². The Morgan fingerprint density at radius 2 is 1.79 bits per heavy atom. The zero-order chi connectivity index (χ0) is 9.97. The lowest BCUT2D eigenvalue weighted by Crippen LogP contribution is -1.90. The van der Waals surface area contributed by atoms with E-state index in [1.54, 1.807) is 0 Å². The first kappa shape index (κ1) is 8.75. The van der Waals surface area contributed by atoms with E-state index in [-0.39, 0.29) is 0 Å². The molecular formula is C12H10O2. The van der Waals surface area contributed by atoms with Crippen LogP contribution in [0.15, 0.2) is 36.4 Å². The Labute approximate surface area is 82.1 Å². The van der Waals surface area contributed by atoms with Crippen molar-refractivity contribution in [2.45, 2.75) is 6.92 Å². The van der Waals surface area contributed by atoms with Gasteiger partial charge >= 0.3 is 0 Å². The summed E-state index contributed by atoms with van der Waals surface area (Å²) in [5, 5.41) is 2.09. The summed E-state index contributed by atoms with van der Waals surface area (Å²) in [7, 11) is 0. The Morgan fingerprint density at radius 1 is 1.07 bits per heavy atom. The molecule has 0 heterocycles. The minimum atomic E-state index is 0.455. The predicted molar refractivity (Wildman–Crippen MR) is 55.4 cm³/mol. The molecule has 0 aromatic heterocycles. The van der Waals surface area contributed by atoms with E-state index in [1.165, 1.54) is 5.56 Å². The van der Waals surface area contributed by atoms with Crippen molar-refractivity contribution >= 4 is 17.2 Å². The number of rotatable bonds is 2. The van der Waals surface area contributed by atoms with E-state index in [2.05, 4.69) is 0 Å². The van der Waals surface area contributed by atoms with Gasteiger partial charge in [0, 0.05) is 5.39 Å². The number of carbonyl (C=O) groups is 1. The molecule has 2 aromatic carbocycles. The summed E-state index contributed by atoms with van der Waals surface area (Å²) >= 11 is 0. The summed E-state index contributed by atoms with van der Waals surface area (Å²) in [6, 6.07) is 11.6. The van der Waals surface area contributed by atoms with E-state index < -0.39 is 0 Å². The average Bonchev–Trinajstić information content (AvgIpc) is 2.23. The topological polar surface area (TPSA) is 26.3 Å². The number of fused-ring (bicyclic) bond motifs is 1. The van der Waals surface area contributed by atoms with Crippen molar-refractivity contribution in [2.75, 3.05) is 0 Å². The van der Waals surface area contributed by atoms with Crippen LogP contribution in [0.3, 0.4) is 0 Å². The minimum Gasteiger partial charge on any atom is -0.428 e. The number of carbonyl (C=O) groups excluding carboxylic acids is 1. The summed E-state index contributed by atoms with van der Waals surface area (Å²) in [6.45, 7) is 2.49. The second-order valence-electron chi connectivity index (χ2n) is 3.14. The van der Waals surface area contributed by atoms with Gasteiger partial charge in [-0.2, -0.15) is 0 Å². The summed E-state index contributed by atoms with van der Waals surface area (Å²) in [6.07, 6.45) is 0. The van der Waals surface area contributed by atoms with Gasteiger partial charge in [-0.3, -0.25) is 4.79 Å². The van der Waals surface area contributed by atoms with Crippen LogP contribution in [0.25, 0.3) is 10.8 Å². The SMILES string of the molecule is Cc1ccc(OC=O)c2ccccc12. The molecule has 14 heavy (non-hydrogen) atoms. The van der Waals surface area contributed by atoms with Crippen LogP contribution in [0, 0.1) is 6.92 Å². The van der Waals surface area contributed by atoms with E-state index in [0.717, 1.165) is 10.8 Å². The third-order valence-electron chi connectivity index (χ3n) is 2.28. The zero-order valence-electron chi connectivity index (χ0n) is 7.86. The van der Waals surface area contributed by atoms with Gasteiger partial charge in [0.1, 0.15) is 5.75 Å². The van der Waals surface area contributed by atoms with E-state index >= 15 is 0 Å². The van der Waals surface area contributed by atoms with Crippen molar-refractivity contribution in [3.63, 3.8) is 0 Å². The Hall–Kier alpha value is -1.83. The lowest BCUT2D eigenvalue weighted by molar-refractivity contribution is -0.120. The molecule has 0 amide bonds. The Morgan fingerprint density at radius 3 is 2.50 bits per heavy atom. The molecule has 70 valence electrons. The molecule has 0 atom stereocenters. The molecule has 0 N–H and O–H groups in total. The minimum absolute atomic E-state index is 0.455. The maximum Gasteiger partial charge on any atom is 0.298 e.